The van der Waals surface area contributed by atoms with Crippen molar-refractivity contribution in [1.29, 1.82) is 0 Å². The second-order valence-electron chi connectivity index (χ2n) is 8.33. The van der Waals surface area contributed by atoms with Crippen molar-refractivity contribution in [2.45, 2.75) is 92.1 Å². The maximum atomic E-state index is 10.5. The van der Waals surface area contributed by atoms with Crippen LogP contribution < -0.4 is 0 Å². The zero-order valence-corrected chi connectivity index (χ0v) is 17.7. The van der Waals surface area contributed by atoms with Crippen LogP contribution in [0, 0.1) is 0 Å². The van der Waals surface area contributed by atoms with E-state index in [2.05, 4.69) is 0 Å². The van der Waals surface area contributed by atoms with Gasteiger partial charge in [0, 0.05) is 0 Å². The third-order valence-corrected chi connectivity index (χ3v) is 6.09. The Morgan fingerprint density at radius 3 is 1.26 bits per heavy atom. The highest BCUT2D eigenvalue weighted by molar-refractivity contribution is 4.96. The van der Waals surface area contributed by atoms with Crippen molar-refractivity contribution < 1.29 is 79.9 Å². The maximum Gasteiger partial charge on any atom is 0.187 e. The van der Waals surface area contributed by atoms with Crippen LogP contribution in [-0.4, -0.2) is 168 Å². The first-order valence-electron chi connectivity index (χ1n) is 10.6. The van der Waals surface area contributed by atoms with Crippen molar-refractivity contribution in [1.82, 2.24) is 0 Å². The molecule has 11 N–H and O–H groups in total. The number of hydrogen-bond donors (Lipinski definition) is 11. The lowest BCUT2D eigenvalue weighted by atomic mass is 9.96. The molecular weight excluding hydrogens is 472 g/mol. The van der Waals surface area contributed by atoms with Crippen LogP contribution >= 0.6 is 0 Å². The van der Waals surface area contributed by atoms with E-state index in [1.165, 1.54) is 0 Å². The molecule has 34 heavy (non-hydrogen) atoms. The molecule has 3 rings (SSSR count). The van der Waals surface area contributed by atoms with E-state index in [4.69, 9.17) is 23.7 Å². The lowest BCUT2D eigenvalue weighted by Gasteiger charge is -2.48. The van der Waals surface area contributed by atoms with Gasteiger partial charge in [0.1, 0.15) is 73.2 Å². The largest absolute Gasteiger partial charge is 0.394 e. The topological polar surface area (TPSA) is 269 Å². The summed E-state index contributed by atoms with van der Waals surface area (Å²) < 4.78 is 26.7. The van der Waals surface area contributed by atoms with Gasteiger partial charge in [0.05, 0.1) is 19.8 Å². The first-order chi connectivity index (χ1) is 16.0. The Balaban J connectivity index is 1.84. The molecule has 3 saturated heterocycles. The van der Waals surface area contributed by atoms with E-state index in [0.29, 0.717) is 0 Å². The van der Waals surface area contributed by atoms with E-state index in [1.807, 2.05) is 0 Å². The molecule has 0 aromatic rings. The highest BCUT2D eigenvalue weighted by Gasteiger charge is 2.53. The highest BCUT2D eigenvalue weighted by atomic mass is 16.8. The number of ether oxygens (including phenoxy) is 5. The van der Waals surface area contributed by atoms with Crippen LogP contribution in [0.3, 0.4) is 0 Å². The van der Waals surface area contributed by atoms with Crippen LogP contribution in [0.5, 0.6) is 0 Å². The van der Waals surface area contributed by atoms with E-state index >= 15 is 0 Å². The van der Waals surface area contributed by atoms with Crippen LogP contribution in [0.1, 0.15) is 0 Å². The Bertz CT molecular complexity index is 599. The van der Waals surface area contributed by atoms with Crippen molar-refractivity contribution in [3.8, 4) is 0 Å². The zero-order chi connectivity index (χ0) is 25.3. The van der Waals surface area contributed by atoms with Crippen LogP contribution in [0.4, 0.5) is 0 Å². The van der Waals surface area contributed by atoms with Crippen molar-refractivity contribution in [3.63, 3.8) is 0 Å². The molecule has 3 heterocycles. The zero-order valence-electron chi connectivity index (χ0n) is 17.7. The Hall–Kier alpha value is -0.640. The van der Waals surface area contributed by atoms with E-state index in [1.54, 1.807) is 0 Å². The average molecular weight is 504 g/mol. The quantitative estimate of drug-likeness (QED) is 0.154. The lowest BCUT2D eigenvalue weighted by Crippen LogP contribution is -2.67. The van der Waals surface area contributed by atoms with Gasteiger partial charge in [0.25, 0.3) is 0 Å². The molecule has 1 unspecified atom stereocenters. The summed E-state index contributed by atoms with van der Waals surface area (Å²) in [7, 11) is 0. The van der Waals surface area contributed by atoms with Gasteiger partial charge in [-0.3, -0.25) is 0 Å². The van der Waals surface area contributed by atoms with Gasteiger partial charge in [0.2, 0.25) is 0 Å². The minimum Gasteiger partial charge on any atom is -0.394 e. The van der Waals surface area contributed by atoms with Crippen molar-refractivity contribution in [2.75, 3.05) is 19.8 Å². The fraction of sp³-hybridized carbons (Fsp3) is 1.00. The van der Waals surface area contributed by atoms with E-state index < -0.39 is 112 Å². The molecule has 3 fully saturated rings. The fourth-order valence-electron chi connectivity index (χ4n) is 4.04. The van der Waals surface area contributed by atoms with Gasteiger partial charge >= 0.3 is 0 Å². The van der Waals surface area contributed by atoms with E-state index in [-0.39, 0.29) is 0 Å². The predicted octanol–water partition coefficient (Wildman–Crippen LogP) is -7.57. The van der Waals surface area contributed by atoms with Gasteiger partial charge in [-0.1, -0.05) is 0 Å². The summed E-state index contributed by atoms with van der Waals surface area (Å²) in [5.74, 6) is 0. The molecule has 0 saturated carbocycles. The summed E-state index contributed by atoms with van der Waals surface area (Å²) >= 11 is 0. The van der Waals surface area contributed by atoms with Crippen LogP contribution in [-0.2, 0) is 23.7 Å². The van der Waals surface area contributed by atoms with Crippen molar-refractivity contribution in [3.05, 3.63) is 0 Å². The molecule has 3 aliphatic rings. The van der Waals surface area contributed by atoms with Crippen molar-refractivity contribution >= 4 is 0 Å². The predicted molar refractivity (Wildman–Crippen MR) is 101 cm³/mol. The maximum absolute atomic E-state index is 10.5. The molecule has 0 aromatic heterocycles. The second kappa shape index (κ2) is 11.6. The second-order valence-corrected chi connectivity index (χ2v) is 8.33. The third-order valence-electron chi connectivity index (χ3n) is 6.09. The van der Waals surface area contributed by atoms with Crippen LogP contribution in [0.25, 0.3) is 0 Å². The van der Waals surface area contributed by atoms with Gasteiger partial charge in [-0.15, -0.1) is 0 Å². The molecular formula is C18H32O16. The van der Waals surface area contributed by atoms with Gasteiger partial charge in [-0.2, -0.15) is 0 Å². The molecule has 0 amide bonds. The summed E-state index contributed by atoms with van der Waals surface area (Å²) in [4.78, 5) is 0. The molecule has 0 aliphatic carbocycles. The molecule has 0 aromatic carbocycles. The lowest BCUT2D eigenvalue weighted by molar-refractivity contribution is -0.383. The van der Waals surface area contributed by atoms with Gasteiger partial charge in [-0.25, -0.2) is 0 Å². The molecule has 16 heteroatoms. The molecule has 15 atom stereocenters. The Kier molecular flexibility index (Phi) is 9.54. The number of aliphatic hydroxyl groups excluding tert-OH is 11. The van der Waals surface area contributed by atoms with Gasteiger partial charge in [-0.05, 0) is 0 Å². The number of hydrogen-bond acceptors (Lipinski definition) is 16. The van der Waals surface area contributed by atoms with E-state index in [0.717, 1.165) is 0 Å². The minimum absolute atomic E-state index is 0.762. The summed E-state index contributed by atoms with van der Waals surface area (Å²) in [5.41, 5.74) is 0. The molecule has 0 spiro atoms. The average Bonchev–Trinajstić information content (AvgIpc) is 2.83. The minimum atomic E-state index is -1.93. The molecule has 200 valence electrons. The van der Waals surface area contributed by atoms with Crippen LogP contribution in [0.2, 0.25) is 0 Å². The summed E-state index contributed by atoms with van der Waals surface area (Å²) in [6.45, 7) is -2.35. The Labute approximate surface area is 192 Å². The smallest absolute Gasteiger partial charge is 0.187 e. The molecule has 0 bridgehead atoms. The Morgan fingerprint density at radius 1 is 0.441 bits per heavy atom. The van der Waals surface area contributed by atoms with Crippen LogP contribution in [0.15, 0.2) is 0 Å². The fourth-order valence-corrected chi connectivity index (χ4v) is 4.04. The molecule has 3 aliphatic heterocycles. The normalized spacial score (nSPS) is 52.5. The number of rotatable bonds is 7. The summed E-state index contributed by atoms with van der Waals surface area (Å²) in [5, 5.41) is 109. The van der Waals surface area contributed by atoms with E-state index in [9.17, 15) is 56.2 Å². The monoisotopic (exact) mass is 504 g/mol. The first-order valence-corrected chi connectivity index (χ1v) is 10.6. The molecule has 16 nitrogen and oxygen atoms in total. The Morgan fingerprint density at radius 2 is 0.853 bits per heavy atom. The van der Waals surface area contributed by atoms with Gasteiger partial charge < -0.3 is 79.9 Å². The summed E-state index contributed by atoms with van der Waals surface area (Å²) in [6, 6.07) is 0. The standard InChI is InChI=1S/C18H32O16/c19-1-4-7(22)9(24)11(26)17(31-4)33-14-6(3-21)30-16(29)13(28)15(14)34-18-12(27)10(25)8(23)5(2-20)32-18/h4-29H,1-3H2/t4-,5-,6-,7-,8-,9+,10+,11-,12-,13-,14+,15-,16?,17-,18+/m1/s1. The SMILES string of the molecule is OC[C@H]1O[C@@H](O[C@H]2[C@@H](O[C@H]3O[C@H](CO)[C@@H](O)[C@H](O)[C@H]3O)[C@@H](CO)OC(O)[C@@H]2O)[C@H](O)[C@@H](O)[C@@H]1O. The highest BCUT2D eigenvalue weighted by Crippen LogP contribution is 2.32. The van der Waals surface area contributed by atoms with Gasteiger partial charge in [0.15, 0.2) is 18.9 Å². The molecule has 0 radical (unpaired) electrons. The van der Waals surface area contributed by atoms with Crippen molar-refractivity contribution in [2.24, 2.45) is 0 Å². The first kappa shape index (κ1) is 27.9. The summed E-state index contributed by atoms with van der Waals surface area (Å²) in [6.07, 6.45) is -25.6. The third kappa shape index (κ3) is 5.37. The number of aliphatic hydroxyl groups is 11.